The Balaban J connectivity index is 1.94. The van der Waals surface area contributed by atoms with Gasteiger partial charge in [-0.1, -0.05) is 42.2 Å². The van der Waals surface area contributed by atoms with Gasteiger partial charge in [0.15, 0.2) is 4.32 Å². The summed E-state index contributed by atoms with van der Waals surface area (Å²) in [6.07, 6.45) is 1.70. The highest BCUT2D eigenvalue weighted by molar-refractivity contribution is 8.27. The molecule has 7 heteroatoms. The van der Waals surface area contributed by atoms with E-state index in [4.69, 9.17) is 12.2 Å². The van der Waals surface area contributed by atoms with Crippen molar-refractivity contribution in [2.75, 3.05) is 4.90 Å². The average molecular weight is 370 g/mol. The summed E-state index contributed by atoms with van der Waals surface area (Å²) in [7, 11) is 0. The summed E-state index contributed by atoms with van der Waals surface area (Å²) in [6.45, 7) is 3.89. The molecule has 1 heterocycles. The molecule has 1 fully saturated rings. The molecule has 2 aromatic carbocycles. The summed E-state index contributed by atoms with van der Waals surface area (Å²) in [4.78, 5) is 25.2. The van der Waals surface area contributed by atoms with Crippen molar-refractivity contribution in [2.45, 2.75) is 13.8 Å². The predicted octanol–water partition coefficient (Wildman–Crippen LogP) is 4.62. The van der Waals surface area contributed by atoms with Crippen LogP contribution < -0.4 is 4.90 Å². The van der Waals surface area contributed by atoms with Crippen molar-refractivity contribution < 1.29 is 9.72 Å². The quantitative estimate of drug-likeness (QED) is 0.341. The first-order valence-electron chi connectivity index (χ1n) is 7.47. The van der Waals surface area contributed by atoms with Crippen LogP contribution in [0, 0.1) is 24.0 Å². The molecule has 0 unspecified atom stereocenters. The Bertz CT molecular complexity index is 900. The van der Waals surface area contributed by atoms with Crippen LogP contribution in [-0.4, -0.2) is 15.2 Å². The fraction of sp³-hybridized carbons (Fsp3) is 0.111. The standard InChI is InChI=1S/C18H14N2O3S2/c1-11-4-3-5-12(2)16(11)19-17(21)15(25-18(19)24)10-13-6-8-14(9-7-13)20(22)23/h3-10H,1-2H3. The molecular formula is C18H14N2O3S2. The molecule has 1 aliphatic rings. The summed E-state index contributed by atoms with van der Waals surface area (Å²) >= 11 is 6.64. The first-order chi connectivity index (χ1) is 11.9. The first kappa shape index (κ1) is 17.3. The lowest BCUT2D eigenvalue weighted by Gasteiger charge is -2.19. The molecule has 0 atom stereocenters. The van der Waals surface area contributed by atoms with Gasteiger partial charge >= 0.3 is 0 Å². The molecule has 0 bridgehead atoms. The fourth-order valence-corrected chi connectivity index (χ4v) is 3.93. The van der Waals surface area contributed by atoms with Gasteiger partial charge in [0.2, 0.25) is 0 Å². The second-order valence-corrected chi connectivity index (χ2v) is 7.28. The summed E-state index contributed by atoms with van der Waals surface area (Å²) in [5, 5.41) is 10.7. The van der Waals surface area contributed by atoms with Gasteiger partial charge in [-0.2, -0.15) is 0 Å². The number of non-ortho nitro benzene ring substituents is 1. The van der Waals surface area contributed by atoms with Crippen LogP contribution in [0.1, 0.15) is 16.7 Å². The number of benzene rings is 2. The fourth-order valence-electron chi connectivity index (χ4n) is 2.66. The van der Waals surface area contributed by atoms with Crippen molar-refractivity contribution >= 4 is 51.7 Å². The number of aryl methyl sites for hydroxylation is 2. The molecule has 1 aliphatic heterocycles. The van der Waals surface area contributed by atoms with E-state index in [2.05, 4.69) is 0 Å². The van der Waals surface area contributed by atoms with Gasteiger partial charge in [0.05, 0.1) is 15.5 Å². The third kappa shape index (κ3) is 3.33. The van der Waals surface area contributed by atoms with Crippen LogP contribution >= 0.6 is 24.0 Å². The number of carbonyl (C=O) groups excluding carboxylic acids is 1. The molecule has 126 valence electrons. The smallest absolute Gasteiger partial charge is 0.268 e. The SMILES string of the molecule is Cc1cccc(C)c1N1C(=O)C(=Cc2ccc([N+](=O)[O-])cc2)SC1=S. The topological polar surface area (TPSA) is 63.5 Å². The minimum absolute atomic E-state index is 0.0141. The zero-order chi connectivity index (χ0) is 18.1. The molecule has 25 heavy (non-hydrogen) atoms. The number of thioether (sulfide) groups is 1. The van der Waals surface area contributed by atoms with Gasteiger partial charge in [0.25, 0.3) is 11.6 Å². The highest BCUT2D eigenvalue weighted by Crippen LogP contribution is 2.38. The zero-order valence-electron chi connectivity index (χ0n) is 13.6. The molecular weight excluding hydrogens is 356 g/mol. The molecule has 1 saturated heterocycles. The maximum absolute atomic E-state index is 12.8. The van der Waals surface area contributed by atoms with Gasteiger partial charge in [0.1, 0.15) is 0 Å². The van der Waals surface area contributed by atoms with Crippen LogP contribution in [0.15, 0.2) is 47.4 Å². The van der Waals surface area contributed by atoms with E-state index in [1.165, 1.54) is 23.9 Å². The second kappa shape index (κ2) is 6.78. The number of carbonyl (C=O) groups is 1. The number of thiocarbonyl (C=S) groups is 1. The van der Waals surface area contributed by atoms with Crippen molar-refractivity contribution in [3.8, 4) is 0 Å². The van der Waals surface area contributed by atoms with Gasteiger partial charge in [-0.05, 0) is 48.7 Å². The van der Waals surface area contributed by atoms with Crippen LogP contribution in [0.25, 0.3) is 6.08 Å². The molecule has 5 nitrogen and oxygen atoms in total. The molecule has 1 amide bonds. The predicted molar refractivity (Wildman–Crippen MR) is 105 cm³/mol. The van der Waals surface area contributed by atoms with E-state index in [-0.39, 0.29) is 11.6 Å². The molecule has 0 aliphatic carbocycles. The van der Waals surface area contributed by atoms with Gasteiger partial charge < -0.3 is 0 Å². The summed E-state index contributed by atoms with van der Waals surface area (Å²) in [5.74, 6) is -0.175. The van der Waals surface area contributed by atoms with Crippen molar-refractivity contribution in [1.29, 1.82) is 0 Å². The molecule has 0 saturated carbocycles. The lowest BCUT2D eigenvalue weighted by Crippen LogP contribution is -2.29. The van der Waals surface area contributed by atoms with Crippen LogP contribution in [-0.2, 0) is 4.79 Å². The number of anilines is 1. The minimum Gasteiger partial charge on any atom is -0.268 e. The van der Waals surface area contributed by atoms with Crippen molar-refractivity contribution in [3.63, 3.8) is 0 Å². The minimum atomic E-state index is -0.454. The van der Waals surface area contributed by atoms with Crippen LogP contribution in [0.2, 0.25) is 0 Å². The van der Waals surface area contributed by atoms with Crippen molar-refractivity contribution in [2.24, 2.45) is 0 Å². The molecule has 0 aromatic heterocycles. The van der Waals surface area contributed by atoms with Crippen molar-refractivity contribution in [3.05, 3.63) is 74.2 Å². The van der Waals surface area contributed by atoms with E-state index in [0.29, 0.717) is 14.8 Å². The molecule has 2 aromatic rings. The van der Waals surface area contributed by atoms with Gasteiger partial charge in [-0.25, -0.2) is 0 Å². The Morgan fingerprint density at radius 3 is 2.28 bits per heavy atom. The number of hydrogen-bond acceptors (Lipinski definition) is 5. The Hall–Kier alpha value is -2.51. The Kier molecular flexibility index (Phi) is 4.69. The largest absolute Gasteiger partial charge is 0.270 e. The van der Waals surface area contributed by atoms with E-state index >= 15 is 0 Å². The van der Waals surface area contributed by atoms with E-state index in [1.807, 2.05) is 32.0 Å². The number of hydrogen-bond donors (Lipinski definition) is 0. The monoisotopic (exact) mass is 370 g/mol. The Labute approximate surface area is 154 Å². The number of para-hydroxylation sites is 1. The number of nitro benzene ring substituents is 1. The maximum atomic E-state index is 12.8. The highest BCUT2D eigenvalue weighted by Gasteiger charge is 2.34. The van der Waals surface area contributed by atoms with Gasteiger partial charge in [-0.3, -0.25) is 19.8 Å². The molecule has 0 radical (unpaired) electrons. The van der Waals surface area contributed by atoms with Crippen LogP contribution in [0.5, 0.6) is 0 Å². The summed E-state index contributed by atoms with van der Waals surface area (Å²) in [6, 6.07) is 11.9. The second-order valence-electron chi connectivity index (χ2n) is 5.61. The highest BCUT2D eigenvalue weighted by atomic mass is 32.2. The summed E-state index contributed by atoms with van der Waals surface area (Å²) in [5.41, 5.74) is 3.51. The van der Waals surface area contributed by atoms with Crippen molar-refractivity contribution in [1.82, 2.24) is 0 Å². The number of nitro groups is 1. The Morgan fingerprint density at radius 2 is 1.72 bits per heavy atom. The van der Waals surface area contributed by atoms with Crippen LogP contribution in [0.4, 0.5) is 11.4 Å². The summed E-state index contributed by atoms with van der Waals surface area (Å²) < 4.78 is 0.482. The van der Waals surface area contributed by atoms with E-state index in [1.54, 1.807) is 23.1 Å². The normalized spacial score (nSPS) is 15.9. The third-order valence-corrected chi connectivity index (χ3v) is 5.16. The molecule has 0 spiro atoms. The van der Waals surface area contributed by atoms with Gasteiger partial charge in [0, 0.05) is 12.1 Å². The maximum Gasteiger partial charge on any atom is 0.270 e. The number of amides is 1. The zero-order valence-corrected chi connectivity index (χ0v) is 15.2. The molecule has 0 N–H and O–H groups in total. The number of rotatable bonds is 3. The molecule has 3 rings (SSSR count). The lowest BCUT2D eigenvalue weighted by atomic mass is 10.1. The van der Waals surface area contributed by atoms with E-state index in [0.717, 1.165) is 16.8 Å². The van der Waals surface area contributed by atoms with Crippen LogP contribution in [0.3, 0.4) is 0 Å². The first-order valence-corrected chi connectivity index (χ1v) is 8.69. The Morgan fingerprint density at radius 1 is 1.12 bits per heavy atom. The number of nitrogens with zero attached hydrogens (tertiary/aromatic N) is 2. The van der Waals surface area contributed by atoms with E-state index in [9.17, 15) is 14.9 Å². The third-order valence-electron chi connectivity index (χ3n) is 3.86. The van der Waals surface area contributed by atoms with Gasteiger partial charge in [-0.15, -0.1) is 0 Å². The van der Waals surface area contributed by atoms with E-state index < -0.39 is 4.92 Å². The lowest BCUT2D eigenvalue weighted by molar-refractivity contribution is -0.384. The average Bonchev–Trinajstić information content (AvgIpc) is 2.83.